The lowest BCUT2D eigenvalue weighted by Crippen LogP contribution is -2.15. The Kier molecular flexibility index (Phi) is 2.71. The summed E-state index contributed by atoms with van der Waals surface area (Å²) in [6.45, 7) is 1.72. The van der Waals surface area contributed by atoms with E-state index in [9.17, 15) is 0 Å². The third-order valence-corrected chi connectivity index (χ3v) is 3.41. The second kappa shape index (κ2) is 4.35. The zero-order valence-electron chi connectivity index (χ0n) is 8.97. The second-order valence-corrected chi connectivity index (χ2v) is 5.10. The van der Waals surface area contributed by atoms with E-state index in [-0.39, 0.29) is 0 Å². The minimum Gasteiger partial charge on any atom is -0.308 e. The van der Waals surface area contributed by atoms with Gasteiger partial charge in [-0.15, -0.1) is 11.3 Å². The van der Waals surface area contributed by atoms with Crippen LogP contribution in [0.2, 0.25) is 0 Å². The van der Waals surface area contributed by atoms with E-state index in [4.69, 9.17) is 0 Å². The van der Waals surface area contributed by atoms with Crippen LogP contribution in [0, 0.1) is 0 Å². The van der Waals surface area contributed by atoms with Crippen LogP contribution in [0.25, 0.3) is 0 Å². The number of aromatic nitrogens is 3. The van der Waals surface area contributed by atoms with E-state index in [0.717, 1.165) is 24.8 Å². The minimum atomic E-state index is 0.742. The van der Waals surface area contributed by atoms with Gasteiger partial charge in [0.05, 0.1) is 17.7 Å². The van der Waals surface area contributed by atoms with Gasteiger partial charge in [-0.3, -0.25) is 9.67 Å². The molecule has 2 heterocycles. The summed E-state index contributed by atoms with van der Waals surface area (Å²) >= 11 is 1.67. The van der Waals surface area contributed by atoms with Crippen molar-refractivity contribution in [3.05, 3.63) is 34.5 Å². The maximum atomic E-state index is 4.52. The van der Waals surface area contributed by atoms with Crippen LogP contribution in [0.5, 0.6) is 0 Å². The van der Waals surface area contributed by atoms with Gasteiger partial charge in [0.15, 0.2) is 0 Å². The molecule has 4 nitrogen and oxygen atoms in total. The highest BCUT2D eigenvalue weighted by molar-refractivity contribution is 7.09. The SMILES string of the molecule is c1ncc(Cn2ccc(CNC3CC3)n2)s1. The molecule has 0 unspecified atom stereocenters. The Balaban J connectivity index is 1.58. The molecule has 84 valence electrons. The fourth-order valence-electron chi connectivity index (χ4n) is 1.60. The van der Waals surface area contributed by atoms with E-state index in [1.165, 1.54) is 17.7 Å². The van der Waals surface area contributed by atoms with Crippen LogP contribution in [0.4, 0.5) is 0 Å². The number of rotatable bonds is 5. The van der Waals surface area contributed by atoms with Gasteiger partial charge in [-0.25, -0.2) is 0 Å². The molecule has 1 aliphatic rings. The second-order valence-electron chi connectivity index (χ2n) is 4.13. The number of nitrogens with zero attached hydrogens (tertiary/aromatic N) is 3. The molecule has 0 bridgehead atoms. The van der Waals surface area contributed by atoms with Gasteiger partial charge >= 0.3 is 0 Å². The normalized spacial score (nSPS) is 15.5. The Hall–Kier alpha value is -1.20. The Morgan fingerprint density at radius 3 is 3.19 bits per heavy atom. The summed E-state index contributed by atoms with van der Waals surface area (Å²) in [6, 6.07) is 2.82. The van der Waals surface area contributed by atoms with Crippen molar-refractivity contribution in [3.8, 4) is 0 Å². The monoisotopic (exact) mass is 234 g/mol. The number of hydrogen-bond acceptors (Lipinski definition) is 4. The highest BCUT2D eigenvalue weighted by Crippen LogP contribution is 2.19. The van der Waals surface area contributed by atoms with E-state index in [1.54, 1.807) is 11.3 Å². The predicted octanol–water partition coefficient (Wildman–Crippen LogP) is 1.64. The van der Waals surface area contributed by atoms with E-state index in [1.807, 2.05) is 22.6 Å². The topological polar surface area (TPSA) is 42.7 Å². The molecule has 5 heteroatoms. The fourth-order valence-corrected chi connectivity index (χ4v) is 2.19. The molecule has 2 aromatic rings. The number of thiazole rings is 1. The summed E-state index contributed by atoms with van der Waals surface area (Å²) in [6.07, 6.45) is 6.57. The van der Waals surface area contributed by atoms with Crippen LogP contribution in [0.15, 0.2) is 24.0 Å². The molecular formula is C11H14N4S. The van der Waals surface area contributed by atoms with Gasteiger partial charge in [0.2, 0.25) is 0 Å². The standard InChI is InChI=1S/C11H14N4S/c1-2-9(1)13-5-10-3-4-15(14-10)7-11-6-12-8-16-11/h3-4,6,8-9,13H,1-2,5,7H2. The van der Waals surface area contributed by atoms with Crippen LogP contribution in [0.3, 0.4) is 0 Å². The molecule has 1 saturated carbocycles. The zero-order valence-corrected chi connectivity index (χ0v) is 9.78. The molecule has 0 aromatic carbocycles. The first kappa shape index (κ1) is 9.99. The summed E-state index contributed by atoms with van der Waals surface area (Å²) in [4.78, 5) is 5.30. The molecule has 1 N–H and O–H groups in total. The van der Waals surface area contributed by atoms with E-state index in [0.29, 0.717) is 0 Å². The lowest BCUT2D eigenvalue weighted by atomic mass is 10.4. The summed E-state index contributed by atoms with van der Waals surface area (Å²) in [5.41, 5.74) is 2.98. The van der Waals surface area contributed by atoms with Crippen molar-refractivity contribution in [1.29, 1.82) is 0 Å². The van der Waals surface area contributed by atoms with Crippen molar-refractivity contribution in [2.75, 3.05) is 0 Å². The van der Waals surface area contributed by atoms with Gasteiger partial charge in [0, 0.05) is 29.9 Å². The Morgan fingerprint density at radius 1 is 1.50 bits per heavy atom. The van der Waals surface area contributed by atoms with E-state index >= 15 is 0 Å². The van der Waals surface area contributed by atoms with Gasteiger partial charge in [-0.2, -0.15) is 5.10 Å². The van der Waals surface area contributed by atoms with E-state index in [2.05, 4.69) is 21.5 Å². The molecule has 0 saturated heterocycles. The van der Waals surface area contributed by atoms with Crippen LogP contribution in [-0.2, 0) is 13.1 Å². The maximum Gasteiger partial charge on any atom is 0.0794 e. The number of hydrogen-bond donors (Lipinski definition) is 1. The minimum absolute atomic E-state index is 0.742. The zero-order chi connectivity index (χ0) is 10.8. The average molecular weight is 234 g/mol. The average Bonchev–Trinajstić information content (AvgIpc) is 2.78. The maximum absolute atomic E-state index is 4.52. The quantitative estimate of drug-likeness (QED) is 0.855. The molecular weight excluding hydrogens is 220 g/mol. The molecule has 0 radical (unpaired) electrons. The molecule has 0 amide bonds. The fraction of sp³-hybridized carbons (Fsp3) is 0.455. The van der Waals surface area contributed by atoms with Gasteiger partial charge in [0.1, 0.15) is 0 Å². The van der Waals surface area contributed by atoms with Gasteiger partial charge in [-0.05, 0) is 18.9 Å². The first-order valence-corrected chi connectivity index (χ1v) is 6.41. The summed E-state index contributed by atoms with van der Waals surface area (Å²) in [7, 11) is 0. The van der Waals surface area contributed by atoms with Crippen molar-refractivity contribution in [2.45, 2.75) is 32.0 Å². The van der Waals surface area contributed by atoms with Crippen molar-refractivity contribution in [1.82, 2.24) is 20.1 Å². The summed E-state index contributed by atoms with van der Waals surface area (Å²) in [5.74, 6) is 0. The molecule has 0 aliphatic heterocycles. The lowest BCUT2D eigenvalue weighted by Gasteiger charge is -1.99. The summed E-state index contributed by atoms with van der Waals surface area (Å²) in [5, 5.41) is 7.98. The van der Waals surface area contributed by atoms with Crippen LogP contribution >= 0.6 is 11.3 Å². The molecule has 0 spiro atoms. The Labute approximate surface area is 98.3 Å². The van der Waals surface area contributed by atoms with Crippen molar-refractivity contribution >= 4 is 11.3 Å². The lowest BCUT2D eigenvalue weighted by molar-refractivity contribution is 0.633. The first-order valence-electron chi connectivity index (χ1n) is 5.53. The highest BCUT2D eigenvalue weighted by Gasteiger charge is 2.20. The van der Waals surface area contributed by atoms with Gasteiger partial charge < -0.3 is 5.32 Å². The van der Waals surface area contributed by atoms with Crippen molar-refractivity contribution in [3.63, 3.8) is 0 Å². The van der Waals surface area contributed by atoms with Crippen molar-refractivity contribution < 1.29 is 0 Å². The molecule has 2 aromatic heterocycles. The largest absolute Gasteiger partial charge is 0.308 e. The molecule has 1 fully saturated rings. The van der Waals surface area contributed by atoms with Gasteiger partial charge in [0.25, 0.3) is 0 Å². The van der Waals surface area contributed by atoms with Crippen molar-refractivity contribution in [2.24, 2.45) is 0 Å². The number of nitrogens with one attached hydrogen (secondary N) is 1. The van der Waals surface area contributed by atoms with E-state index < -0.39 is 0 Å². The predicted molar refractivity (Wildman–Crippen MR) is 63.3 cm³/mol. The van der Waals surface area contributed by atoms with Crippen LogP contribution < -0.4 is 5.32 Å². The van der Waals surface area contributed by atoms with Gasteiger partial charge in [-0.1, -0.05) is 0 Å². The smallest absolute Gasteiger partial charge is 0.0794 e. The van der Waals surface area contributed by atoms with Crippen LogP contribution in [0.1, 0.15) is 23.4 Å². The molecule has 16 heavy (non-hydrogen) atoms. The Morgan fingerprint density at radius 2 is 2.44 bits per heavy atom. The summed E-state index contributed by atoms with van der Waals surface area (Å²) < 4.78 is 1.97. The molecule has 3 rings (SSSR count). The third kappa shape index (κ3) is 2.48. The third-order valence-electron chi connectivity index (χ3n) is 2.65. The first-order chi connectivity index (χ1) is 7.90. The molecule has 1 aliphatic carbocycles. The highest BCUT2D eigenvalue weighted by atomic mass is 32.1. The van der Waals surface area contributed by atoms with Crippen LogP contribution in [-0.4, -0.2) is 20.8 Å². The molecule has 0 atom stereocenters. The Bertz CT molecular complexity index is 444.